The van der Waals surface area contributed by atoms with Gasteiger partial charge in [0.25, 0.3) is 5.56 Å². The minimum absolute atomic E-state index is 0.211. The summed E-state index contributed by atoms with van der Waals surface area (Å²) in [6.45, 7) is 0. The fraction of sp³-hybridized carbons (Fsp3) is 0. The summed E-state index contributed by atoms with van der Waals surface area (Å²) in [4.78, 5) is 15.3. The van der Waals surface area contributed by atoms with Gasteiger partial charge in [0.15, 0.2) is 0 Å². The quantitative estimate of drug-likeness (QED) is 0.504. The van der Waals surface area contributed by atoms with Crippen LogP contribution in [0.15, 0.2) is 53.3 Å². The zero-order valence-corrected chi connectivity index (χ0v) is 11.6. The second kappa shape index (κ2) is 4.17. The monoisotopic (exact) mass is 295 g/mol. The Morgan fingerprint density at radius 3 is 2.14 bits per heavy atom. The summed E-state index contributed by atoms with van der Waals surface area (Å²) < 4.78 is 23.5. The first kappa shape index (κ1) is 12.1. The number of nitrogens with one attached hydrogen (secondary N) is 1. The van der Waals surface area contributed by atoms with Gasteiger partial charge in [0.05, 0.1) is 5.69 Å². The number of H-pyrrole nitrogens is 1. The van der Waals surface area contributed by atoms with Crippen LogP contribution in [-0.2, 0) is 10.3 Å². The molecule has 1 aromatic heterocycles. The van der Waals surface area contributed by atoms with Crippen LogP contribution in [-0.4, -0.2) is 18.3 Å². The predicted octanol–water partition coefficient (Wildman–Crippen LogP) is 1.96. The Balaban J connectivity index is 2.34. The van der Waals surface area contributed by atoms with Gasteiger partial charge in [-0.1, -0.05) is 42.5 Å². The highest BCUT2D eigenvalue weighted by Crippen LogP contribution is 2.37. The van der Waals surface area contributed by atoms with E-state index < -0.39 is 10.3 Å². The van der Waals surface area contributed by atoms with Crippen LogP contribution in [0.25, 0.3) is 22.0 Å². The van der Waals surface area contributed by atoms with Crippen molar-refractivity contribution in [2.24, 2.45) is 0 Å². The summed E-state index contributed by atoms with van der Waals surface area (Å²) in [7, 11) is -2.38. The fourth-order valence-corrected chi connectivity index (χ4v) is 3.66. The summed E-state index contributed by atoms with van der Waals surface area (Å²) in [6, 6.07) is 14.2. The summed E-state index contributed by atoms with van der Waals surface area (Å²) in [5, 5.41) is 1.15. The molecule has 1 aliphatic carbocycles. The molecule has 5 heteroatoms. The molecule has 4 rings (SSSR count). The Morgan fingerprint density at radius 2 is 1.43 bits per heavy atom. The molecule has 0 unspecified atom stereocenters. The van der Waals surface area contributed by atoms with Crippen molar-refractivity contribution < 1.29 is 8.42 Å². The van der Waals surface area contributed by atoms with E-state index in [1.807, 2.05) is 12.1 Å². The normalized spacial score (nSPS) is 12.3. The Bertz CT molecular complexity index is 1100. The number of aromatic nitrogens is 1. The van der Waals surface area contributed by atoms with Crippen molar-refractivity contribution in [1.29, 1.82) is 0 Å². The molecule has 0 amide bonds. The number of aromatic amines is 1. The largest absolute Gasteiger partial charge is 0.321 e. The molecule has 0 saturated heterocycles. The topological polar surface area (TPSA) is 67.0 Å². The first-order valence-electron chi connectivity index (χ1n) is 6.40. The lowest BCUT2D eigenvalue weighted by Gasteiger charge is -2.04. The minimum Gasteiger partial charge on any atom is -0.321 e. The lowest BCUT2D eigenvalue weighted by molar-refractivity contribution is 0.627. The highest BCUT2D eigenvalue weighted by Gasteiger charge is 2.29. The van der Waals surface area contributed by atoms with Gasteiger partial charge in [0.2, 0.25) is 10.3 Å². The zero-order valence-electron chi connectivity index (χ0n) is 10.8. The third kappa shape index (κ3) is 1.55. The van der Waals surface area contributed by atoms with Gasteiger partial charge < -0.3 is 4.98 Å². The fourth-order valence-electron chi connectivity index (χ4n) is 2.92. The van der Waals surface area contributed by atoms with Gasteiger partial charge in [-0.25, -0.2) is 0 Å². The van der Waals surface area contributed by atoms with Crippen LogP contribution in [0.3, 0.4) is 0 Å². The van der Waals surface area contributed by atoms with E-state index in [9.17, 15) is 13.2 Å². The highest BCUT2D eigenvalue weighted by molar-refractivity contribution is 7.74. The average molecular weight is 295 g/mol. The number of hydrogen-bond donors (Lipinski definition) is 1. The van der Waals surface area contributed by atoms with Crippen LogP contribution in [0.4, 0.5) is 0 Å². The molecule has 0 aliphatic heterocycles. The number of benzene rings is 2. The maximum absolute atomic E-state index is 12.2. The van der Waals surface area contributed by atoms with Gasteiger partial charge in [-0.05, 0) is 11.5 Å². The standard InChI is InChI=1S/C16H9NO3S/c18-16-12-8-4-1-5-9(12)13-14(17-16)10-6-2-3-7-11(10)15(13)21(19)20/h1-8H,(H,17,18). The van der Waals surface area contributed by atoms with Gasteiger partial charge in [0, 0.05) is 22.1 Å². The Morgan fingerprint density at radius 1 is 0.810 bits per heavy atom. The van der Waals surface area contributed by atoms with E-state index in [-0.39, 0.29) is 10.4 Å². The minimum atomic E-state index is -2.38. The van der Waals surface area contributed by atoms with Gasteiger partial charge in [0.1, 0.15) is 4.86 Å². The molecule has 0 spiro atoms. The first-order valence-corrected chi connectivity index (χ1v) is 7.47. The van der Waals surface area contributed by atoms with Crippen LogP contribution in [0.1, 0.15) is 11.1 Å². The number of fused-ring (bicyclic) bond motifs is 5. The van der Waals surface area contributed by atoms with Crippen molar-refractivity contribution in [3.63, 3.8) is 0 Å². The molecule has 0 saturated carbocycles. The van der Waals surface area contributed by atoms with Gasteiger partial charge in [-0.3, -0.25) is 4.79 Å². The van der Waals surface area contributed by atoms with Gasteiger partial charge in [-0.2, -0.15) is 8.42 Å². The smallest absolute Gasteiger partial charge is 0.256 e. The molecule has 1 heterocycles. The number of rotatable bonds is 0. The Labute approximate surface area is 121 Å². The van der Waals surface area contributed by atoms with Crippen molar-refractivity contribution in [1.82, 2.24) is 4.98 Å². The van der Waals surface area contributed by atoms with Crippen molar-refractivity contribution in [2.75, 3.05) is 0 Å². The van der Waals surface area contributed by atoms with Crippen LogP contribution in [0, 0.1) is 0 Å². The van der Waals surface area contributed by atoms with Crippen LogP contribution in [0.2, 0.25) is 0 Å². The summed E-state index contributed by atoms with van der Waals surface area (Å²) in [5.74, 6) is 0. The molecule has 2 aromatic carbocycles. The van der Waals surface area contributed by atoms with E-state index in [1.165, 1.54) is 0 Å². The van der Waals surface area contributed by atoms with Crippen molar-refractivity contribution >= 4 is 25.9 Å². The molecular formula is C16H9NO3S. The number of hydrogen-bond acceptors (Lipinski definition) is 3. The average Bonchev–Trinajstić information content (AvgIpc) is 2.82. The first-order chi connectivity index (χ1) is 10.2. The SMILES string of the molecule is O=c1[nH]c2c(c3ccccc13)C(=S(=O)=O)c1ccccc1-2. The zero-order chi connectivity index (χ0) is 14.6. The van der Waals surface area contributed by atoms with Crippen molar-refractivity contribution in [2.45, 2.75) is 0 Å². The molecule has 1 N–H and O–H groups in total. The lowest BCUT2D eigenvalue weighted by atomic mass is 10.0. The van der Waals surface area contributed by atoms with Gasteiger partial charge in [-0.15, -0.1) is 0 Å². The van der Waals surface area contributed by atoms with E-state index in [4.69, 9.17) is 0 Å². The molecule has 0 bridgehead atoms. The van der Waals surface area contributed by atoms with E-state index in [0.29, 0.717) is 27.6 Å². The summed E-state index contributed by atoms with van der Waals surface area (Å²) in [5.41, 5.74) is 2.33. The molecule has 0 atom stereocenters. The predicted molar refractivity (Wildman–Crippen MR) is 82.1 cm³/mol. The van der Waals surface area contributed by atoms with Crippen molar-refractivity contribution in [3.8, 4) is 11.3 Å². The van der Waals surface area contributed by atoms with Crippen molar-refractivity contribution in [3.05, 3.63) is 70.0 Å². The molecule has 0 fully saturated rings. The summed E-state index contributed by atoms with van der Waals surface area (Å²) in [6.07, 6.45) is 0. The molecule has 102 valence electrons. The molecule has 4 nitrogen and oxygen atoms in total. The van der Waals surface area contributed by atoms with Crippen LogP contribution >= 0.6 is 0 Å². The third-order valence-electron chi connectivity index (χ3n) is 3.76. The van der Waals surface area contributed by atoms with E-state index in [2.05, 4.69) is 4.98 Å². The highest BCUT2D eigenvalue weighted by atomic mass is 32.2. The van der Waals surface area contributed by atoms with Gasteiger partial charge >= 0.3 is 0 Å². The maximum atomic E-state index is 12.2. The van der Waals surface area contributed by atoms with Crippen LogP contribution in [0.5, 0.6) is 0 Å². The van der Waals surface area contributed by atoms with E-state index >= 15 is 0 Å². The Kier molecular flexibility index (Phi) is 2.40. The van der Waals surface area contributed by atoms with E-state index in [1.54, 1.807) is 36.4 Å². The molecule has 3 aromatic rings. The maximum Gasteiger partial charge on any atom is 0.256 e. The second-order valence-corrected chi connectivity index (χ2v) is 5.74. The number of pyridine rings is 1. The van der Waals surface area contributed by atoms with E-state index in [0.717, 1.165) is 5.56 Å². The summed E-state index contributed by atoms with van der Waals surface area (Å²) >= 11 is 0. The second-order valence-electron chi connectivity index (χ2n) is 4.86. The molecule has 0 radical (unpaired) electrons. The molecule has 1 aliphatic rings. The third-order valence-corrected chi connectivity index (χ3v) is 4.52. The van der Waals surface area contributed by atoms with Crippen LogP contribution < -0.4 is 5.56 Å². The lowest BCUT2D eigenvalue weighted by Crippen LogP contribution is -2.10. The molecule has 21 heavy (non-hydrogen) atoms. The molecular weight excluding hydrogens is 286 g/mol. The Hall–Kier alpha value is -2.66.